The van der Waals surface area contributed by atoms with Crippen LogP contribution in [0.2, 0.25) is 5.02 Å². The summed E-state index contributed by atoms with van der Waals surface area (Å²) in [5, 5.41) is 0.445. The maximum Gasteiger partial charge on any atom is 0.420 e. The van der Waals surface area contributed by atoms with Crippen LogP contribution in [-0.2, 0) is 16.1 Å². The van der Waals surface area contributed by atoms with Gasteiger partial charge in [-0.2, -0.15) is 0 Å². The number of fused-ring (bicyclic) bond motifs is 1. The summed E-state index contributed by atoms with van der Waals surface area (Å²) in [6, 6.07) is 19.5. The molecular formula is C29H29ClN4O5. The summed E-state index contributed by atoms with van der Waals surface area (Å²) in [6.45, 7) is 3.18. The Balaban J connectivity index is 1.44. The molecule has 10 heteroatoms. The molecule has 3 aromatic carbocycles. The molecule has 5 rings (SSSR count). The van der Waals surface area contributed by atoms with E-state index >= 15 is 0 Å². The zero-order valence-corrected chi connectivity index (χ0v) is 22.3. The number of hydrogen-bond acceptors (Lipinski definition) is 6. The van der Waals surface area contributed by atoms with Crippen LogP contribution in [0.4, 0.5) is 0 Å². The van der Waals surface area contributed by atoms with E-state index in [1.165, 1.54) is 4.57 Å². The highest BCUT2D eigenvalue weighted by molar-refractivity contribution is 6.31. The minimum absolute atomic E-state index is 0.188. The van der Waals surface area contributed by atoms with Crippen molar-refractivity contribution in [3.05, 3.63) is 93.4 Å². The van der Waals surface area contributed by atoms with E-state index in [2.05, 4.69) is 4.90 Å². The second kappa shape index (κ2) is 11.4. The van der Waals surface area contributed by atoms with Gasteiger partial charge in [-0.1, -0.05) is 54.1 Å². The highest BCUT2D eigenvalue weighted by Crippen LogP contribution is 2.28. The van der Waals surface area contributed by atoms with E-state index in [9.17, 15) is 14.4 Å². The number of hydrogen-bond donors (Lipinski definition) is 1. The van der Waals surface area contributed by atoms with Crippen molar-refractivity contribution in [3.8, 4) is 11.1 Å². The smallest absolute Gasteiger partial charge is 0.408 e. The molecule has 1 saturated heterocycles. The standard InChI is InChI=1S/C29H29ClN4O5/c1-32(27(35)18-34-24-16-21(30)10-11-26(24)39-29(34)37)25(17-33-12-14-38-15-13-33)20-8-6-19(7-9-20)22-4-2-3-5-23(22)28(31)36/h2-11,16,25H,12-15,17-18H2,1H3,(H2,31,36). The van der Waals surface area contributed by atoms with E-state index in [0.29, 0.717) is 41.4 Å². The Bertz CT molecular complexity index is 1560. The van der Waals surface area contributed by atoms with Gasteiger partial charge in [0.2, 0.25) is 11.8 Å². The number of amides is 2. The maximum atomic E-state index is 13.6. The Morgan fingerprint density at radius 1 is 1.05 bits per heavy atom. The maximum absolute atomic E-state index is 13.6. The van der Waals surface area contributed by atoms with Crippen molar-refractivity contribution in [3.63, 3.8) is 0 Å². The highest BCUT2D eigenvalue weighted by Gasteiger charge is 2.27. The molecule has 0 aliphatic carbocycles. The van der Waals surface area contributed by atoms with Crippen LogP contribution in [0.3, 0.4) is 0 Å². The molecule has 1 unspecified atom stereocenters. The van der Waals surface area contributed by atoms with Gasteiger partial charge in [0.05, 0.1) is 24.8 Å². The number of ether oxygens (including phenoxy) is 1. The largest absolute Gasteiger partial charge is 0.420 e. The Morgan fingerprint density at radius 3 is 2.49 bits per heavy atom. The van der Waals surface area contributed by atoms with Crippen LogP contribution < -0.4 is 11.5 Å². The number of halogens is 1. The molecule has 1 fully saturated rings. The molecule has 2 amide bonds. The average molecular weight is 549 g/mol. The van der Waals surface area contributed by atoms with E-state index in [1.807, 2.05) is 36.4 Å². The average Bonchev–Trinajstić information content (AvgIpc) is 3.25. The number of likely N-dealkylation sites (N-methyl/N-ethyl adjacent to an activating group) is 1. The number of nitrogens with two attached hydrogens (primary N) is 1. The third-order valence-electron chi connectivity index (χ3n) is 7.12. The summed E-state index contributed by atoms with van der Waals surface area (Å²) >= 11 is 6.13. The van der Waals surface area contributed by atoms with E-state index in [0.717, 1.165) is 29.8 Å². The van der Waals surface area contributed by atoms with Gasteiger partial charge in [0, 0.05) is 37.3 Å². The molecule has 2 N–H and O–H groups in total. The van der Waals surface area contributed by atoms with Crippen LogP contribution >= 0.6 is 11.6 Å². The van der Waals surface area contributed by atoms with Crippen molar-refractivity contribution < 1.29 is 18.7 Å². The molecule has 1 aliphatic rings. The summed E-state index contributed by atoms with van der Waals surface area (Å²) in [6.07, 6.45) is 0. The number of carbonyl (C=O) groups excluding carboxylic acids is 2. The number of rotatable bonds is 8. The lowest BCUT2D eigenvalue weighted by molar-refractivity contribution is -0.133. The molecule has 2 heterocycles. The monoisotopic (exact) mass is 548 g/mol. The fraction of sp³-hybridized carbons (Fsp3) is 0.276. The van der Waals surface area contributed by atoms with Gasteiger partial charge < -0.3 is 19.8 Å². The fourth-order valence-electron chi connectivity index (χ4n) is 4.92. The summed E-state index contributed by atoms with van der Waals surface area (Å²) < 4.78 is 12.1. The number of benzene rings is 3. The molecule has 0 spiro atoms. The predicted octanol–water partition coefficient (Wildman–Crippen LogP) is 3.55. The van der Waals surface area contributed by atoms with E-state index in [4.69, 9.17) is 26.5 Å². The van der Waals surface area contributed by atoms with Crippen LogP contribution in [0.25, 0.3) is 22.2 Å². The minimum atomic E-state index is -0.615. The number of aromatic nitrogens is 1. The molecule has 9 nitrogen and oxygen atoms in total. The Labute approximate surface area is 230 Å². The van der Waals surface area contributed by atoms with E-state index in [-0.39, 0.29) is 18.5 Å². The third kappa shape index (κ3) is 5.75. The Morgan fingerprint density at radius 2 is 1.77 bits per heavy atom. The Kier molecular flexibility index (Phi) is 7.83. The lowest BCUT2D eigenvalue weighted by atomic mass is 9.96. The second-order valence-electron chi connectivity index (χ2n) is 9.53. The van der Waals surface area contributed by atoms with Crippen molar-refractivity contribution in [1.82, 2.24) is 14.4 Å². The van der Waals surface area contributed by atoms with E-state index < -0.39 is 11.7 Å². The molecule has 0 saturated carbocycles. The van der Waals surface area contributed by atoms with Gasteiger partial charge in [-0.3, -0.25) is 19.1 Å². The van der Waals surface area contributed by atoms with Gasteiger partial charge >= 0.3 is 5.76 Å². The Hall–Kier alpha value is -3.92. The van der Waals surface area contributed by atoms with Gasteiger partial charge in [0.25, 0.3) is 0 Å². The number of oxazole rings is 1. The molecule has 1 aliphatic heterocycles. The fourth-order valence-corrected chi connectivity index (χ4v) is 5.09. The van der Waals surface area contributed by atoms with Gasteiger partial charge in [-0.05, 0) is 41.0 Å². The van der Waals surface area contributed by atoms with Crippen LogP contribution in [0.15, 0.2) is 75.9 Å². The van der Waals surface area contributed by atoms with Crippen molar-refractivity contribution in [2.45, 2.75) is 12.6 Å². The number of morpholine rings is 1. The zero-order chi connectivity index (χ0) is 27.5. The van der Waals surface area contributed by atoms with Gasteiger partial charge in [0.1, 0.15) is 6.54 Å². The number of carbonyl (C=O) groups is 2. The number of nitrogens with zero attached hydrogens (tertiary/aromatic N) is 3. The zero-order valence-electron chi connectivity index (χ0n) is 21.5. The normalized spacial score (nSPS) is 14.8. The first-order chi connectivity index (χ1) is 18.8. The first-order valence-electron chi connectivity index (χ1n) is 12.7. The predicted molar refractivity (Wildman–Crippen MR) is 149 cm³/mol. The first kappa shape index (κ1) is 26.7. The van der Waals surface area contributed by atoms with Crippen molar-refractivity contribution in [2.24, 2.45) is 5.73 Å². The summed E-state index contributed by atoms with van der Waals surface area (Å²) in [5.74, 6) is -1.36. The van der Waals surface area contributed by atoms with Crippen LogP contribution in [-0.4, -0.2) is 66.1 Å². The van der Waals surface area contributed by atoms with Crippen LogP contribution in [0.5, 0.6) is 0 Å². The van der Waals surface area contributed by atoms with Crippen LogP contribution in [0, 0.1) is 0 Å². The van der Waals surface area contributed by atoms with Gasteiger partial charge in [-0.15, -0.1) is 0 Å². The molecule has 0 bridgehead atoms. The molecule has 202 valence electrons. The molecule has 4 aromatic rings. The topological polar surface area (TPSA) is 111 Å². The molecule has 39 heavy (non-hydrogen) atoms. The van der Waals surface area contributed by atoms with Crippen molar-refractivity contribution in [2.75, 3.05) is 39.9 Å². The minimum Gasteiger partial charge on any atom is -0.408 e. The quantitative estimate of drug-likeness (QED) is 0.360. The molecule has 1 atom stereocenters. The molecule has 0 radical (unpaired) electrons. The van der Waals surface area contributed by atoms with E-state index in [1.54, 1.807) is 42.3 Å². The van der Waals surface area contributed by atoms with Gasteiger partial charge in [0.15, 0.2) is 5.58 Å². The summed E-state index contributed by atoms with van der Waals surface area (Å²) in [5.41, 5.74) is 9.38. The summed E-state index contributed by atoms with van der Waals surface area (Å²) in [4.78, 5) is 41.9. The van der Waals surface area contributed by atoms with Crippen molar-refractivity contribution >= 4 is 34.5 Å². The number of primary amides is 1. The van der Waals surface area contributed by atoms with Crippen molar-refractivity contribution in [1.29, 1.82) is 0 Å². The second-order valence-corrected chi connectivity index (χ2v) is 9.97. The van der Waals surface area contributed by atoms with Gasteiger partial charge in [-0.25, -0.2) is 4.79 Å². The highest BCUT2D eigenvalue weighted by atomic mass is 35.5. The lowest BCUT2D eigenvalue weighted by Crippen LogP contribution is -2.44. The van der Waals surface area contributed by atoms with Crippen LogP contribution in [0.1, 0.15) is 22.0 Å². The summed E-state index contributed by atoms with van der Waals surface area (Å²) in [7, 11) is 1.74. The lowest BCUT2D eigenvalue weighted by Gasteiger charge is -2.35. The molecular weight excluding hydrogens is 520 g/mol. The SMILES string of the molecule is CN(C(=O)Cn1c(=O)oc2ccc(Cl)cc21)C(CN1CCOCC1)c1ccc(-c2ccccc2C(N)=O)cc1. The first-order valence-corrected chi connectivity index (χ1v) is 13.0. The molecule has 1 aromatic heterocycles. The third-order valence-corrected chi connectivity index (χ3v) is 7.35.